The van der Waals surface area contributed by atoms with Crippen LogP contribution in [0.15, 0.2) is 59.6 Å². The molecule has 0 saturated carbocycles. The van der Waals surface area contributed by atoms with Gasteiger partial charge in [0, 0.05) is 58.4 Å². The Balaban J connectivity index is 0.00000320. The van der Waals surface area contributed by atoms with Gasteiger partial charge in [-0.15, -0.1) is 24.0 Å². The van der Waals surface area contributed by atoms with Crippen molar-refractivity contribution in [2.24, 2.45) is 4.99 Å². The predicted octanol–water partition coefficient (Wildman–Crippen LogP) is 3.02. The highest BCUT2D eigenvalue weighted by atomic mass is 127. The molecular weight excluding hydrogens is 489 g/mol. The number of piperazine rings is 1. The van der Waals surface area contributed by atoms with Crippen molar-refractivity contribution in [2.45, 2.75) is 19.9 Å². The van der Waals surface area contributed by atoms with E-state index in [9.17, 15) is 4.79 Å². The monoisotopic (exact) mass is 521 g/mol. The van der Waals surface area contributed by atoms with Crippen molar-refractivity contribution in [3.8, 4) is 0 Å². The van der Waals surface area contributed by atoms with Crippen molar-refractivity contribution < 1.29 is 4.79 Å². The molecule has 1 aliphatic rings. The minimum atomic E-state index is 0. The van der Waals surface area contributed by atoms with E-state index in [0.29, 0.717) is 25.5 Å². The van der Waals surface area contributed by atoms with Crippen molar-refractivity contribution in [1.82, 2.24) is 15.5 Å². The van der Waals surface area contributed by atoms with Gasteiger partial charge in [0.15, 0.2) is 5.96 Å². The summed E-state index contributed by atoms with van der Waals surface area (Å²) in [4.78, 5) is 21.1. The van der Waals surface area contributed by atoms with E-state index in [4.69, 9.17) is 0 Å². The van der Waals surface area contributed by atoms with Gasteiger partial charge >= 0.3 is 0 Å². The van der Waals surface area contributed by atoms with Crippen molar-refractivity contribution in [1.29, 1.82) is 0 Å². The number of hydrogen-bond acceptors (Lipinski definition) is 3. The van der Waals surface area contributed by atoms with Crippen LogP contribution in [0.4, 0.5) is 5.69 Å². The van der Waals surface area contributed by atoms with Crippen LogP contribution in [-0.4, -0.2) is 56.5 Å². The Morgan fingerprint density at radius 2 is 1.73 bits per heavy atom. The summed E-state index contributed by atoms with van der Waals surface area (Å²) >= 11 is 0. The van der Waals surface area contributed by atoms with Crippen LogP contribution in [0.1, 0.15) is 17.5 Å². The minimum absolute atomic E-state index is 0. The summed E-state index contributed by atoms with van der Waals surface area (Å²) in [6.07, 6.45) is 0.469. The van der Waals surface area contributed by atoms with Gasteiger partial charge in [-0.25, -0.2) is 0 Å². The second-order valence-electron chi connectivity index (χ2n) is 7.29. The number of para-hydroxylation sites is 1. The maximum absolute atomic E-state index is 12.5. The lowest BCUT2D eigenvalue weighted by Gasteiger charge is -2.36. The molecule has 30 heavy (non-hydrogen) atoms. The number of anilines is 1. The Hall–Kier alpha value is -2.29. The Bertz CT molecular complexity index is 819. The third kappa shape index (κ3) is 7.19. The summed E-state index contributed by atoms with van der Waals surface area (Å²) in [6.45, 7) is 6.66. The molecule has 1 saturated heterocycles. The van der Waals surface area contributed by atoms with E-state index in [0.717, 1.165) is 26.2 Å². The zero-order valence-electron chi connectivity index (χ0n) is 17.8. The van der Waals surface area contributed by atoms with Gasteiger partial charge in [0.2, 0.25) is 5.91 Å². The first-order valence-corrected chi connectivity index (χ1v) is 10.2. The lowest BCUT2D eigenvalue weighted by atomic mass is 10.1. The van der Waals surface area contributed by atoms with Gasteiger partial charge < -0.3 is 20.4 Å². The van der Waals surface area contributed by atoms with Crippen LogP contribution in [0.3, 0.4) is 0 Å². The molecule has 0 atom stereocenters. The number of carbonyl (C=O) groups is 1. The predicted molar refractivity (Wildman–Crippen MR) is 135 cm³/mol. The van der Waals surface area contributed by atoms with Crippen LogP contribution in [0, 0.1) is 6.92 Å². The maximum Gasteiger partial charge on any atom is 0.224 e. The first-order valence-electron chi connectivity index (χ1n) is 10.2. The average molecular weight is 521 g/mol. The number of guanidine groups is 1. The molecule has 0 radical (unpaired) electrons. The van der Waals surface area contributed by atoms with Gasteiger partial charge in [-0.1, -0.05) is 48.0 Å². The molecule has 0 unspecified atom stereocenters. The van der Waals surface area contributed by atoms with Crippen LogP contribution in [0.5, 0.6) is 0 Å². The van der Waals surface area contributed by atoms with Crippen molar-refractivity contribution in [2.75, 3.05) is 44.7 Å². The smallest absolute Gasteiger partial charge is 0.224 e. The molecule has 1 heterocycles. The third-order valence-electron chi connectivity index (χ3n) is 5.15. The van der Waals surface area contributed by atoms with Crippen LogP contribution in [0.25, 0.3) is 0 Å². The Morgan fingerprint density at radius 1 is 1.00 bits per heavy atom. The van der Waals surface area contributed by atoms with Crippen LogP contribution in [0.2, 0.25) is 0 Å². The fourth-order valence-electron chi connectivity index (χ4n) is 3.53. The van der Waals surface area contributed by atoms with E-state index in [1.807, 2.05) is 11.0 Å². The number of nitrogens with zero attached hydrogens (tertiary/aromatic N) is 3. The number of carbonyl (C=O) groups excluding carboxylic acids is 1. The number of benzene rings is 2. The second-order valence-corrected chi connectivity index (χ2v) is 7.29. The van der Waals surface area contributed by atoms with Crippen LogP contribution >= 0.6 is 24.0 Å². The molecule has 162 valence electrons. The molecular formula is C23H32IN5O. The van der Waals surface area contributed by atoms with Gasteiger partial charge in [0.1, 0.15) is 0 Å². The topological polar surface area (TPSA) is 60.0 Å². The molecule has 7 heteroatoms. The number of aryl methyl sites for hydroxylation is 1. The van der Waals surface area contributed by atoms with E-state index in [-0.39, 0.29) is 29.9 Å². The Labute approximate surface area is 196 Å². The maximum atomic E-state index is 12.5. The quantitative estimate of drug-likeness (QED) is 0.349. The highest BCUT2D eigenvalue weighted by Gasteiger charge is 2.20. The van der Waals surface area contributed by atoms with Crippen molar-refractivity contribution in [3.63, 3.8) is 0 Å². The normalized spacial score (nSPS) is 14.1. The average Bonchev–Trinajstić information content (AvgIpc) is 2.76. The molecule has 1 amide bonds. The minimum Gasteiger partial charge on any atom is -0.368 e. The second kappa shape index (κ2) is 12.4. The van der Waals surface area contributed by atoms with Crippen molar-refractivity contribution >= 4 is 41.5 Å². The lowest BCUT2D eigenvalue weighted by molar-refractivity contribution is -0.131. The first-order chi connectivity index (χ1) is 14.2. The van der Waals surface area contributed by atoms with Gasteiger partial charge in [-0.3, -0.25) is 9.79 Å². The number of amides is 1. The molecule has 6 nitrogen and oxygen atoms in total. The molecule has 0 spiro atoms. The molecule has 0 bridgehead atoms. The number of aliphatic imine (C=N–C) groups is 1. The standard InChI is InChI=1S/C23H31N5O.HI/c1-19-7-6-8-20(17-19)18-26-23(24-2)25-12-11-22(29)28-15-13-27(14-16-28)21-9-4-3-5-10-21;/h3-10,17H,11-16,18H2,1-2H3,(H2,24,25,26);1H. The van der Waals surface area contributed by atoms with E-state index < -0.39 is 0 Å². The van der Waals surface area contributed by atoms with Crippen LogP contribution in [-0.2, 0) is 11.3 Å². The number of rotatable bonds is 6. The van der Waals surface area contributed by atoms with Crippen molar-refractivity contribution in [3.05, 3.63) is 65.7 Å². The van der Waals surface area contributed by atoms with E-state index in [2.05, 4.69) is 76.0 Å². The van der Waals surface area contributed by atoms with Gasteiger partial charge in [0.25, 0.3) is 0 Å². The fourth-order valence-corrected chi connectivity index (χ4v) is 3.53. The lowest BCUT2D eigenvalue weighted by Crippen LogP contribution is -2.49. The Morgan fingerprint density at radius 3 is 2.40 bits per heavy atom. The molecule has 2 aromatic carbocycles. The van der Waals surface area contributed by atoms with E-state index >= 15 is 0 Å². The summed E-state index contributed by atoms with van der Waals surface area (Å²) in [5, 5.41) is 6.54. The molecule has 1 fully saturated rings. The third-order valence-corrected chi connectivity index (χ3v) is 5.15. The molecule has 2 aromatic rings. The molecule has 0 aromatic heterocycles. The van der Waals surface area contributed by atoms with Gasteiger partial charge in [0.05, 0.1) is 0 Å². The van der Waals surface area contributed by atoms with E-state index in [1.165, 1.54) is 16.8 Å². The molecule has 3 rings (SSSR count). The highest BCUT2D eigenvalue weighted by molar-refractivity contribution is 14.0. The molecule has 2 N–H and O–H groups in total. The van der Waals surface area contributed by atoms with E-state index in [1.54, 1.807) is 7.05 Å². The number of halogens is 1. The molecule has 0 aliphatic carbocycles. The summed E-state index contributed by atoms with van der Waals surface area (Å²) in [6, 6.07) is 18.8. The summed E-state index contributed by atoms with van der Waals surface area (Å²) < 4.78 is 0. The largest absolute Gasteiger partial charge is 0.368 e. The van der Waals surface area contributed by atoms with Crippen LogP contribution < -0.4 is 15.5 Å². The number of nitrogens with one attached hydrogen (secondary N) is 2. The molecule has 1 aliphatic heterocycles. The SMILES string of the molecule is CN=C(NCCC(=O)N1CCN(c2ccccc2)CC1)NCc1cccc(C)c1.I. The van der Waals surface area contributed by atoms with Gasteiger partial charge in [-0.05, 0) is 24.6 Å². The number of hydrogen-bond donors (Lipinski definition) is 2. The Kier molecular flexibility index (Phi) is 9.93. The summed E-state index contributed by atoms with van der Waals surface area (Å²) in [7, 11) is 1.75. The van der Waals surface area contributed by atoms with Gasteiger partial charge in [-0.2, -0.15) is 0 Å². The zero-order valence-corrected chi connectivity index (χ0v) is 20.1. The fraction of sp³-hybridized carbons (Fsp3) is 0.391. The highest BCUT2D eigenvalue weighted by Crippen LogP contribution is 2.15. The first kappa shape index (κ1) is 24.0. The summed E-state index contributed by atoms with van der Waals surface area (Å²) in [5.74, 6) is 0.910. The zero-order chi connectivity index (χ0) is 20.5. The summed E-state index contributed by atoms with van der Waals surface area (Å²) in [5.41, 5.74) is 3.68.